The monoisotopic (exact) mass is 452 g/mol. The van der Waals surface area contributed by atoms with Gasteiger partial charge in [-0.1, -0.05) is 36.7 Å². The van der Waals surface area contributed by atoms with Crippen LogP contribution in [0.25, 0.3) is 0 Å². The lowest BCUT2D eigenvalue weighted by Gasteiger charge is -2.24. The second-order valence-electron chi connectivity index (χ2n) is 8.78. The summed E-state index contributed by atoms with van der Waals surface area (Å²) in [6, 6.07) is 12.1. The van der Waals surface area contributed by atoms with Crippen molar-refractivity contribution in [1.82, 2.24) is 10.2 Å². The Labute approximate surface area is 190 Å². The molecular formula is C24H24N2O5S. The third-order valence-corrected chi connectivity index (χ3v) is 7.79. The number of likely N-dealkylation sites (tertiary alicyclic amines) is 1. The third-order valence-electron chi connectivity index (χ3n) is 6.67. The summed E-state index contributed by atoms with van der Waals surface area (Å²) in [5.74, 6) is -0.379. The molecule has 0 radical (unpaired) electrons. The number of amides is 2. The molecule has 0 aromatic heterocycles. The summed E-state index contributed by atoms with van der Waals surface area (Å²) in [4.78, 5) is 40.6. The number of hydrogen-bond acceptors (Lipinski definition) is 5. The lowest BCUT2D eigenvalue weighted by atomic mass is 9.84. The second kappa shape index (κ2) is 8.16. The van der Waals surface area contributed by atoms with Gasteiger partial charge in [0.05, 0.1) is 16.3 Å². The van der Waals surface area contributed by atoms with E-state index in [1.807, 2.05) is 30.3 Å². The van der Waals surface area contributed by atoms with E-state index in [1.165, 1.54) is 4.90 Å². The van der Waals surface area contributed by atoms with E-state index < -0.39 is 17.9 Å². The predicted octanol–water partition coefficient (Wildman–Crippen LogP) is 3.92. The van der Waals surface area contributed by atoms with Gasteiger partial charge in [-0.2, -0.15) is 0 Å². The van der Waals surface area contributed by atoms with Crippen molar-refractivity contribution in [2.75, 3.05) is 13.1 Å². The maximum Gasteiger partial charge on any atom is 0.326 e. The molecule has 2 aromatic rings. The molecule has 1 atom stereocenters. The number of carbonyl (C=O) groups is 3. The van der Waals surface area contributed by atoms with Crippen LogP contribution >= 0.6 is 11.8 Å². The van der Waals surface area contributed by atoms with Gasteiger partial charge in [-0.25, -0.2) is 4.79 Å². The highest BCUT2D eigenvalue weighted by Crippen LogP contribution is 2.48. The van der Waals surface area contributed by atoms with Crippen molar-refractivity contribution >= 4 is 29.5 Å². The summed E-state index contributed by atoms with van der Waals surface area (Å²) in [6.07, 6.45) is 4.58. The van der Waals surface area contributed by atoms with Gasteiger partial charge >= 0.3 is 5.97 Å². The van der Waals surface area contributed by atoms with Gasteiger partial charge in [-0.3, -0.25) is 9.59 Å². The number of rotatable bonds is 4. The summed E-state index contributed by atoms with van der Waals surface area (Å²) in [7, 11) is 0. The van der Waals surface area contributed by atoms with Crippen LogP contribution in [0, 0.1) is 5.41 Å². The highest BCUT2D eigenvalue weighted by atomic mass is 32.2. The quantitative estimate of drug-likeness (QED) is 0.623. The molecule has 7 nitrogen and oxygen atoms in total. The number of carboxylic acid groups (broad SMARTS) is 1. The van der Waals surface area contributed by atoms with E-state index >= 15 is 0 Å². The van der Waals surface area contributed by atoms with Gasteiger partial charge in [0.1, 0.15) is 17.5 Å². The van der Waals surface area contributed by atoms with Gasteiger partial charge in [0.2, 0.25) is 5.91 Å². The molecule has 32 heavy (non-hydrogen) atoms. The summed E-state index contributed by atoms with van der Waals surface area (Å²) in [5.41, 5.74) is 0.312. The Balaban J connectivity index is 1.24. The van der Waals surface area contributed by atoms with E-state index in [9.17, 15) is 19.5 Å². The maximum atomic E-state index is 12.8. The van der Waals surface area contributed by atoms with Crippen LogP contribution in [0.4, 0.5) is 0 Å². The fourth-order valence-corrected chi connectivity index (χ4v) is 5.99. The van der Waals surface area contributed by atoms with Crippen molar-refractivity contribution in [2.24, 2.45) is 5.41 Å². The number of para-hydroxylation sites is 1. The Hall–Kier alpha value is -3.00. The second-order valence-corrected chi connectivity index (χ2v) is 9.87. The van der Waals surface area contributed by atoms with Crippen LogP contribution in [0.2, 0.25) is 0 Å². The number of carboxylic acids is 1. The first-order chi connectivity index (χ1) is 15.4. The molecule has 166 valence electrons. The zero-order valence-electron chi connectivity index (χ0n) is 17.5. The van der Waals surface area contributed by atoms with Crippen molar-refractivity contribution in [2.45, 2.75) is 47.9 Å². The van der Waals surface area contributed by atoms with Gasteiger partial charge in [0.15, 0.2) is 0 Å². The number of aliphatic carboxylic acids is 1. The fourth-order valence-electron chi connectivity index (χ4n) is 5.05. The van der Waals surface area contributed by atoms with Crippen LogP contribution in [0.3, 0.4) is 0 Å². The molecule has 0 unspecified atom stereocenters. The van der Waals surface area contributed by atoms with Crippen molar-refractivity contribution in [3.05, 3.63) is 48.0 Å². The molecule has 2 N–H and O–H groups in total. The maximum absolute atomic E-state index is 12.8. The van der Waals surface area contributed by atoms with E-state index in [2.05, 4.69) is 5.32 Å². The van der Waals surface area contributed by atoms with Gasteiger partial charge < -0.3 is 20.1 Å². The van der Waals surface area contributed by atoms with Crippen LogP contribution in [-0.2, 0) is 9.59 Å². The minimum absolute atomic E-state index is 0.0769. The molecule has 8 heteroatoms. The summed E-state index contributed by atoms with van der Waals surface area (Å²) < 4.78 is 5.93. The van der Waals surface area contributed by atoms with Crippen molar-refractivity contribution in [3.63, 3.8) is 0 Å². The average Bonchev–Trinajstić information content (AvgIpc) is 3.42. The van der Waals surface area contributed by atoms with E-state index in [4.69, 9.17) is 4.74 Å². The van der Waals surface area contributed by atoms with E-state index in [0.29, 0.717) is 24.3 Å². The Morgan fingerprint density at radius 2 is 1.84 bits per heavy atom. The number of nitrogens with zero attached hydrogens (tertiary/aromatic N) is 1. The number of nitrogens with one attached hydrogen (secondary N) is 1. The number of benzene rings is 2. The van der Waals surface area contributed by atoms with E-state index in [0.717, 1.165) is 41.2 Å². The van der Waals surface area contributed by atoms with Crippen LogP contribution in [0.1, 0.15) is 42.5 Å². The normalized spacial score (nSPS) is 20.4. The van der Waals surface area contributed by atoms with E-state index in [-0.39, 0.29) is 17.9 Å². The Morgan fingerprint density at radius 1 is 1.09 bits per heavy atom. The topological polar surface area (TPSA) is 95.9 Å². The lowest BCUT2D eigenvalue weighted by molar-refractivity contribution is -0.147. The molecule has 0 bridgehead atoms. The highest BCUT2D eigenvalue weighted by molar-refractivity contribution is 7.99. The molecule has 1 aliphatic carbocycles. The number of hydrogen-bond donors (Lipinski definition) is 2. The van der Waals surface area contributed by atoms with E-state index in [1.54, 1.807) is 23.9 Å². The zero-order chi connectivity index (χ0) is 22.3. The van der Waals surface area contributed by atoms with Gasteiger partial charge in [0.25, 0.3) is 5.91 Å². The first-order valence-electron chi connectivity index (χ1n) is 10.8. The van der Waals surface area contributed by atoms with Crippen LogP contribution in [-0.4, -0.2) is 46.9 Å². The van der Waals surface area contributed by atoms with Crippen LogP contribution < -0.4 is 10.1 Å². The molecular weight excluding hydrogens is 428 g/mol. The van der Waals surface area contributed by atoms with Gasteiger partial charge in [-0.15, -0.1) is 0 Å². The van der Waals surface area contributed by atoms with Crippen LogP contribution in [0.5, 0.6) is 11.5 Å². The van der Waals surface area contributed by atoms with Crippen molar-refractivity contribution in [1.29, 1.82) is 0 Å². The summed E-state index contributed by atoms with van der Waals surface area (Å²) >= 11 is 1.58. The third kappa shape index (κ3) is 3.83. The minimum atomic E-state index is -0.974. The predicted molar refractivity (Wildman–Crippen MR) is 118 cm³/mol. The molecule has 1 saturated heterocycles. The smallest absolute Gasteiger partial charge is 0.326 e. The molecule has 2 aromatic carbocycles. The Morgan fingerprint density at radius 3 is 2.62 bits per heavy atom. The zero-order valence-corrected chi connectivity index (χ0v) is 18.3. The Kier molecular flexibility index (Phi) is 5.33. The SMILES string of the molecule is O=C(NCC(=O)N1CC2(CCCC2)C[C@H]1C(=O)O)c1ccc2c(c1)Oc1ccccc1S2. The van der Waals surface area contributed by atoms with Crippen molar-refractivity contribution in [3.8, 4) is 11.5 Å². The molecule has 2 heterocycles. The minimum Gasteiger partial charge on any atom is -0.480 e. The first kappa shape index (κ1) is 20.9. The Bertz CT molecular complexity index is 1100. The highest BCUT2D eigenvalue weighted by Gasteiger charge is 2.49. The summed E-state index contributed by atoms with van der Waals surface area (Å²) in [5, 5.41) is 12.3. The molecule has 3 aliphatic rings. The molecule has 1 spiro atoms. The molecule has 5 rings (SSSR count). The largest absolute Gasteiger partial charge is 0.480 e. The van der Waals surface area contributed by atoms with Crippen molar-refractivity contribution < 1.29 is 24.2 Å². The first-order valence-corrected chi connectivity index (χ1v) is 11.7. The lowest BCUT2D eigenvalue weighted by Crippen LogP contribution is -2.45. The number of carbonyl (C=O) groups excluding carboxylic acids is 2. The molecule has 1 saturated carbocycles. The van der Waals surface area contributed by atoms with Gasteiger partial charge in [0, 0.05) is 12.1 Å². The summed E-state index contributed by atoms with van der Waals surface area (Å²) in [6.45, 7) is 0.232. The van der Waals surface area contributed by atoms with Crippen LogP contribution in [0.15, 0.2) is 52.3 Å². The standard InChI is InChI=1S/C24H24N2O5S/c27-21(26-14-24(9-3-4-10-24)12-16(26)23(29)30)13-25-22(28)15-7-8-20-18(11-15)31-17-5-1-2-6-19(17)32-20/h1-2,5-8,11,16H,3-4,9-10,12-14H2,(H,25,28)(H,29,30)/t16-/m0/s1. The number of ether oxygens (including phenoxy) is 1. The molecule has 2 aliphatic heterocycles. The molecule has 2 amide bonds. The average molecular weight is 453 g/mol. The van der Waals surface area contributed by atoms with Gasteiger partial charge in [-0.05, 0) is 55.0 Å². The number of fused-ring (bicyclic) bond motifs is 2. The fraction of sp³-hybridized carbons (Fsp3) is 0.375. The molecule has 2 fully saturated rings.